The van der Waals surface area contributed by atoms with Crippen molar-refractivity contribution < 1.29 is 31.3 Å². The largest absolute Gasteiger partial charge is 0.514 e. The molecule has 0 amide bonds. The van der Waals surface area contributed by atoms with Crippen molar-refractivity contribution in [3.63, 3.8) is 0 Å². The van der Waals surface area contributed by atoms with E-state index in [4.69, 9.17) is 31.3 Å². The highest BCUT2D eigenvalue weighted by atomic mass is 28.4. The molecule has 0 saturated carbocycles. The monoisotopic (exact) mass is 484 g/mol. The Morgan fingerprint density at radius 3 is 1.48 bits per heavy atom. The summed E-state index contributed by atoms with van der Waals surface area (Å²) in [4.78, 5) is 4.67. The van der Waals surface area contributed by atoms with Gasteiger partial charge in [0.1, 0.15) is 0 Å². The average Bonchev–Trinajstić information content (AvgIpc) is 2.83. The van der Waals surface area contributed by atoms with Crippen LogP contribution in [0.3, 0.4) is 0 Å². The highest BCUT2D eigenvalue weighted by Crippen LogP contribution is 2.11. The van der Waals surface area contributed by atoms with Crippen molar-refractivity contribution in [1.82, 2.24) is 9.80 Å². The van der Waals surface area contributed by atoms with Crippen molar-refractivity contribution in [2.24, 2.45) is 0 Å². The maximum Gasteiger partial charge on any atom is 0.514 e. The fourth-order valence-electron chi connectivity index (χ4n) is 3.23. The minimum Gasteiger partial charge on any atom is -0.379 e. The molecule has 1 saturated heterocycles. The molecule has 0 spiro atoms. The summed E-state index contributed by atoms with van der Waals surface area (Å²) < 4.78 is 37.8. The van der Waals surface area contributed by atoms with E-state index < -0.39 is 17.6 Å². The van der Waals surface area contributed by atoms with Gasteiger partial charge in [0.2, 0.25) is 0 Å². The third-order valence-corrected chi connectivity index (χ3v) is 10.9. The summed E-state index contributed by atoms with van der Waals surface area (Å²) in [6.07, 6.45) is 6.38. The second-order valence-electron chi connectivity index (χ2n) is 7.46. The molecule has 0 radical (unpaired) electrons. The smallest absolute Gasteiger partial charge is 0.379 e. The van der Waals surface area contributed by atoms with Gasteiger partial charge < -0.3 is 31.3 Å². The summed E-state index contributed by atoms with van der Waals surface area (Å²) in [5.41, 5.74) is 0. The molecule has 0 aliphatic carbocycles. The van der Waals surface area contributed by atoms with Gasteiger partial charge in [-0.1, -0.05) is 26.7 Å². The van der Waals surface area contributed by atoms with Crippen molar-refractivity contribution >= 4 is 17.6 Å². The second kappa shape index (κ2) is 18.5. The normalized spacial score (nSPS) is 15.8. The summed E-state index contributed by atoms with van der Waals surface area (Å²) in [6.45, 7) is 10.0. The predicted molar refractivity (Wildman–Crippen MR) is 127 cm³/mol. The Kier molecular flexibility index (Phi) is 18.5. The van der Waals surface area contributed by atoms with Crippen LogP contribution in [0.4, 0.5) is 0 Å². The molecule has 31 heavy (non-hydrogen) atoms. The van der Waals surface area contributed by atoms with Crippen LogP contribution >= 0.6 is 0 Å². The molecule has 0 atom stereocenters. The van der Waals surface area contributed by atoms with Gasteiger partial charge in [0, 0.05) is 55.7 Å². The molecular formula is C20H48N2O7Si2. The van der Waals surface area contributed by atoms with Crippen LogP contribution in [0.2, 0.25) is 0 Å². The number of ether oxygens (including phenoxy) is 1. The fourth-order valence-corrected chi connectivity index (χ4v) is 6.73. The topological polar surface area (TPSA) is 71.1 Å². The zero-order chi connectivity index (χ0) is 23.6. The standard InChI is InChI=1S/C12H29NO3Si.C8H19NO4Si/c1-6-8-10-13(11-9-7-2)12-17(14-3,15-4)16-5;1-10-14(11-2,12-3)8-9-4-6-13-7-5-9/h6-12H2,1-5H3;4-8H2,1-3H3. The van der Waals surface area contributed by atoms with Gasteiger partial charge in [0.15, 0.2) is 0 Å². The van der Waals surface area contributed by atoms with E-state index in [0.717, 1.165) is 51.7 Å². The minimum absolute atomic E-state index is 0.736. The van der Waals surface area contributed by atoms with Gasteiger partial charge in [-0.25, -0.2) is 0 Å². The molecule has 1 heterocycles. The average molecular weight is 485 g/mol. The number of hydrogen-bond donors (Lipinski definition) is 0. The molecule has 1 rings (SSSR count). The van der Waals surface area contributed by atoms with Crippen molar-refractivity contribution in [1.29, 1.82) is 0 Å². The zero-order valence-electron chi connectivity index (χ0n) is 21.2. The van der Waals surface area contributed by atoms with E-state index in [1.54, 1.807) is 42.7 Å². The maximum absolute atomic E-state index is 5.48. The molecule has 0 aromatic carbocycles. The van der Waals surface area contributed by atoms with Crippen LogP contribution in [-0.4, -0.2) is 122 Å². The number of unbranched alkanes of at least 4 members (excludes halogenated alkanes) is 2. The highest BCUT2D eigenvalue weighted by molar-refractivity contribution is 6.61. The quantitative estimate of drug-likeness (QED) is 0.306. The first-order valence-electron chi connectivity index (χ1n) is 11.3. The van der Waals surface area contributed by atoms with Crippen LogP contribution in [0.1, 0.15) is 39.5 Å². The maximum atomic E-state index is 5.48. The highest BCUT2D eigenvalue weighted by Gasteiger charge is 2.40. The molecule has 0 N–H and O–H groups in total. The van der Waals surface area contributed by atoms with E-state index in [0.29, 0.717) is 0 Å². The Hall–Kier alpha value is 0.0738. The van der Waals surface area contributed by atoms with Gasteiger partial charge in [0.25, 0.3) is 0 Å². The van der Waals surface area contributed by atoms with Gasteiger partial charge in [0.05, 0.1) is 25.5 Å². The van der Waals surface area contributed by atoms with E-state index in [2.05, 4.69) is 23.6 Å². The first-order chi connectivity index (χ1) is 14.9. The molecule has 1 aliphatic rings. The first-order valence-corrected chi connectivity index (χ1v) is 15.1. The second-order valence-corrected chi connectivity index (χ2v) is 13.3. The van der Waals surface area contributed by atoms with Crippen LogP contribution in [0.15, 0.2) is 0 Å². The predicted octanol–water partition coefficient (Wildman–Crippen LogP) is 2.04. The van der Waals surface area contributed by atoms with Gasteiger partial charge >= 0.3 is 17.6 Å². The lowest BCUT2D eigenvalue weighted by molar-refractivity contribution is 0.0290. The Morgan fingerprint density at radius 2 is 1.13 bits per heavy atom. The summed E-state index contributed by atoms with van der Waals surface area (Å²) in [6, 6.07) is 0. The van der Waals surface area contributed by atoms with Gasteiger partial charge in [-0.15, -0.1) is 0 Å². The van der Waals surface area contributed by atoms with Crippen LogP contribution in [0.25, 0.3) is 0 Å². The summed E-state index contributed by atoms with van der Waals surface area (Å²) in [5.74, 6) is 0. The summed E-state index contributed by atoms with van der Waals surface area (Å²) in [5, 5.41) is 0. The van der Waals surface area contributed by atoms with E-state index in [1.807, 2.05) is 0 Å². The van der Waals surface area contributed by atoms with E-state index in [-0.39, 0.29) is 0 Å². The Morgan fingerprint density at radius 1 is 0.710 bits per heavy atom. The molecule has 0 aromatic rings. The van der Waals surface area contributed by atoms with Crippen LogP contribution in [-0.2, 0) is 31.3 Å². The SMILES string of the molecule is CCCCN(CCCC)C[Si](OC)(OC)OC.CO[Si](CN1CCOCC1)(OC)OC. The molecule has 188 valence electrons. The third kappa shape index (κ3) is 12.2. The number of nitrogens with zero attached hydrogens (tertiary/aromatic N) is 2. The molecule has 0 bridgehead atoms. The lowest BCUT2D eigenvalue weighted by atomic mass is 10.3. The molecule has 1 fully saturated rings. The minimum atomic E-state index is -2.45. The summed E-state index contributed by atoms with van der Waals surface area (Å²) >= 11 is 0. The molecule has 0 aromatic heterocycles. The van der Waals surface area contributed by atoms with Crippen LogP contribution in [0, 0.1) is 0 Å². The Labute approximate surface area is 192 Å². The molecular weight excluding hydrogens is 436 g/mol. The Balaban J connectivity index is 0.000000590. The zero-order valence-corrected chi connectivity index (χ0v) is 23.2. The van der Waals surface area contributed by atoms with E-state index in [9.17, 15) is 0 Å². The van der Waals surface area contributed by atoms with Crippen LogP contribution in [0.5, 0.6) is 0 Å². The fraction of sp³-hybridized carbons (Fsp3) is 1.00. The molecule has 11 heteroatoms. The third-order valence-electron chi connectivity index (χ3n) is 5.46. The van der Waals surface area contributed by atoms with Gasteiger partial charge in [-0.3, -0.25) is 9.80 Å². The van der Waals surface area contributed by atoms with E-state index >= 15 is 0 Å². The number of rotatable bonds is 16. The van der Waals surface area contributed by atoms with Gasteiger partial charge in [-0.05, 0) is 25.9 Å². The first kappa shape index (κ1) is 31.1. The number of morpholine rings is 1. The van der Waals surface area contributed by atoms with Crippen molar-refractivity contribution in [3.05, 3.63) is 0 Å². The van der Waals surface area contributed by atoms with Crippen LogP contribution < -0.4 is 0 Å². The Bertz CT molecular complexity index is 386. The van der Waals surface area contributed by atoms with Crippen molar-refractivity contribution in [2.45, 2.75) is 39.5 Å². The van der Waals surface area contributed by atoms with Crippen molar-refractivity contribution in [3.8, 4) is 0 Å². The number of hydrogen-bond acceptors (Lipinski definition) is 9. The van der Waals surface area contributed by atoms with Crippen molar-refractivity contribution in [2.75, 3.05) is 94.4 Å². The molecule has 1 aliphatic heterocycles. The molecule has 9 nitrogen and oxygen atoms in total. The van der Waals surface area contributed by atoms with E-state index in [1.165, 1.54) is 25.7 Å². The van der Waals surface area contributed by atoms with Gasteiger partial charge in [-0.2, -0.15) is 0 Å². The molecule has 0 unspecified atom stereocenters. The lowest BCUT2D eigenvalue weighted by Gasteiger charge is -2.33. The summed E-state index contributed by atoms with van der Waals surface area (Å²) in [7, 11) is 5.06. The lowest BCUT2D eigenvalue weighted by Crippen LogP contribution is -2.55.